The molecule has 0 bridgehead atoms. The molecule has 192 valence electrons. The molecule has 5 aromatic rings. The molecule has 4 aromatic heterocycles. The molecule has 3 N–H and O–H groups in total. The fraction of sp³-hybridized carbons (Fsp3) is 0.333. The first-order valence-corrected chi connectivity index (χ1v) is 13.7. The van der Waals surface area contributed by atoms with E-state index in [0.717, 1.165) is 83.4 Å². The Morgan fingerprint density at radius 3 is 2.55 bits per heavy atom. The van der Waals surface area contributed by atoms with E-state index in [1.54, 1.807) is 6.20 Å². The van der Waals surface area contributed by atoms with Gasteiger partial charge < -0.3 is 15.2 Å². The summed E-state index contributed by atoms with van der Waals surface area (Å²) in [6.45, 7) is 2.15. The van der Waals surface area contributed by atoms with E-state index in [4.69, 9.17) is 0 Å². The van der Waals surface area contributed by atoms with Crippen LogP contribution < -0.4 is 10.2 Å². The molecule has 0 atom stereocenters. The predicted octanol–water partition coefficient (Wildman–Crippen LogP) is 6.29. The van der Waals surface area contributed by atoms with Crippen LogP contribution in [0.15, 0.2) is 55.1 Å². The summed E-state index contributed by atoms with van der Waals surface area (Å²) in [6, 6.07) is 10.5. The molecule has 0 unspecified atom stereocenters. The van der Waals surface area contributed by atoms with E-state index >= 15 is 0 Å². The summed E-state index contributed by atoms with van der Waals surface area (Å²) < 4.78 is 0. The van der Waals surface area contributed by atoms with Crippen molar-refractivity contribution in [3.05, 3.63) is 55.1 Å². The van der Waals surface area contributed by atoms with Crippen molar-refractivity contribution >= 4 is 39.1 Å². The van der Waals surface area contributed by atoms with E-state index in [-0.39, 0.29) is 11.8 Å². The van der Waals surface area contributed by atoms with E-state index in [9.17, 15) is 4.79 Å². The summed E-state index contributed by atoms with van der Waals surface area (Å²) in [7, 11) is 0. The Hall–Kier alpha value is -4.20. The van der Waals surface area contributed by atoms with Gasteiger partial charge in [0.25, 0.3) is 0 Å². The van der Waals surface area contributed by atoms with Gasteiger partial charge in [0.05, 0.1) is 46.7 Å². The normalized spacial score (nSPS) is 16.5. The van der Waals surface area contributed by atoms with Crippen molar-refractivity contribution in [3.8, 4) is 22.5 Å². The first-order chi connectivity index (χ1) is 18.7. The number of aromatic amines is 2. The van der Waals surface area contributed by atoms with Crippen LogP contribution in [0.1, 0.15) is 44.9 Å². The highest BCUT2D eigenvalue weighted by atomic mass is 16.1. The minimum Gasteiger partial charge on any atom is -0.370 e. The molecule has 1 aromatic carbocycles. The average Bonchev–Trinajstić information content (AvgIpc) is 3.73. The van der Waals surface area contributed by atoms with Crippen LogP contribution in [0.3, 0.4) is 0 Å². The number of benzene rings is 1. The maximum absolute atomic E-state index is 12.6. The van der Waals surface area contributed by atoms with E-state index in [0.29, 0.717) is 0 Å². The van der Waals surface area contributed by atoms with Gasteiger partial charge in [0.1, 0.15) is 5.69 Å². The van der Waals surface area contributed by atoms with Crippen molar-refractivity contribution in [2.24, 2.45) is 5.92 Å². The van der Waals surface area contributed by atoms with Gasteiger partial charge in [0, 0.05) is 41.5 Å². The molecular formula is C30H31N7O. The average molecular weight is 506 g/mol. The molecule has 1 saturated carbocycles. The van der Waals surface area contributed by atoms with Gasteiger partial charge in [-0.15, -0.1) is 0 Å². The molecule has 8 nitrogen and oxygen atoms in total. The maximum atomic E-state index is 12.6. The number of anilines is 2. The van der Waals surface area contributed by atoms with Crippen molar-refractivity contribution in [3.63, 3.8) is 0 Å². The number of carbonyl (C=O) groups is 1. The quantitative estimate of drug-likeness (QED) is 0.261. The number of aromatic nitrogens is 5. The Balaban J connectivity index is 1.22. The number of nitrogens with one attached hydrogen (secondary N) is 3. The molecule has 1 saturated heterocycles. The fourth-order valence-electron chi connectivity index (χ4n) is 6.05. The topological polar surface area (TPSA) is 103 Å². The smallest absolute Gasteiger partial charge is 0.227 e. The van der Waals surface area contributed by atoms with Gasteiger partial charge in [0.15, 0.2) is 0 Å². The van der Waals surface area contributed by atoms with Crippen LogP contribution in [0, 0.1) is 5.92 Å². The van der Waals surface area contributed by atoms with Crippen LogP contribution in [0.4, 0.5) is 11.4 Å². The molecule has 1 amide bonds. The lowest BCUT2D eigenvalue weighted by Crippen LogP contribution is -2.29. The van der Waals surface area contributed by atoms with Crippen molar-refractivity contribution < 1.29 is 4.79 Å². The van der Waals surface area contributed by atoms with E-state index in [2.05, 4.69) is 53.6 Å². The first-order valence-electron chi connectivity index (χ1n) is 13.7. The Kier molecular flexibility index (Phi) is 5.80. The number of hydrogen-bond acceptors (Lipinski definition) is 5. The Morgan fingerprint density at radius 1 is 0.842 bits per heavy atom. The monoisotopic (exact) mass is 505 g/mol. The van der Waals surface area contributed by atoms with Crippen LogP contribution in [-0.2, 0) is 4.79 Å². The molecule has 38 heavy (non-hydrogen) atoms. The second-order valence-corrected chi connectivity index (χ2v) is 10.6. The number of amides is 1. The van der Waals surface area contributed by atoms with Crippen LogP contribution in [-0.4, -0.2) is 44.1 Å². The molecule has 1 aliphatic heterocycles. The van der Waals surface area contributed by atoms with Crippen LogP contribution in [0.25, 0.3) is 44.3 Å². The number of fused-ring (bicyclic) bond motifs is 2. The molecular weight excluding hydrogens is 474 g/mol. The highest BCUT2D eigenvalue weighted by molar-refractivity contribution is 6.00. The number of rotatable bonds is 5. The fourth-order valence-corrected chi connectivity index (χ4v) is 6.05. The SMILES string of the molecule is O=C(Nc1cncc(-c2ccc3[nH]nc(-c4cc5c(N6CCCCC6)cncc5[nH]4)c3c2)c1)C1CCCC1. The van der Waals surface area contributed by atoms with Gasteiger partial charge in [-0.05, 0) is 61.9 Å². The second-order valence-electron chi connectivity index (χ2n) is 10.6. The lowest BCUT2D eigenvalue weighted by Gasteiger charge is -2.28. The number of nitrogens with zero attached hydrogens (tertiary/aromatic N) is 4. The van der Waals surface area contributed by atoms with Crippen LogP contribution >= 0.6 is 0 Å². The lowest BCUT2D eigenvalue weighted by atomic mass is 10.0. The summed E-state index contributed by atoms with van der Waals surface area (Å²) in [4.78, 5) is 27.6. The van der Waals surface area contributed by atoms with Crippen molar-refractivity contribution in [2.45, 2.75) is 44.9 Å². The number of hydrogen-bond donors (Lipinski definition) is 3. The summed E-state index contributed by atoms with van der Waals surface area (Å²) in [5, 5.41) is 13.1. The minimum atomic E-state index is 0.103. The van der Waals surface area contributed by atoms with E-state index in [1.807, 2.05) is 30.7 Å². The van der Waals surface area contributed by atoms with Gasteiger partial charge in [0.2, 0.25) is 5.91 Å². The molecule has 8 heteroatoms. The first kappa shape index (κ1) is 23.0. The Labute approximate surface area is 220 Å². The summed E-state index contributed by atoms with van der Waals surface area (Å²) >= 11 is 0. The predicted molar refractivity (Wildman–Crippen MR) is 151 cm³/mol. The Morgan fingerprint density at radius 2 is 1.68 bits per heavy atom. The second kappa shape index (κ2) is 9.59. The molecule has 2 fully saturated rings. The van der Waals surface area contributed by atoms with Crippen molar-refractivity contribution in [2.75, 3.05) is 23.3 Å². The van der Waals surface area contributed by atoms with E-state index < -0.39 is 0 Å². The van der Waals surface area contributed by atoms with Crippen LogP contribution in [0.2, 0.25) is 0 Å². The van der Waals surface area contributed by atoms with Gasteiger partial charge in [-0.3, -0.25) is 19.9 Å². The molecule has 5 heterocycles. The zero-order chi connectivity index (χ0) is 25.5. The van der Waals surface area contributed by atoms with Crippen molar-refractivity contribution in [1.29, 1.82) is 0 Å². The molecule has 7 rings (SSSR count). The highest BCUT2D eigenvalue weighted by Crippen LogP contribution is 2.35. The maximum Gasteiger partial charge on any atom is 0.227 e. The van der Waals surface area contributed by atoms with Gasteiger partial charge >= 0.3 is 0 Å². The Bertz CT molecular complexity index is 1620. The van der Waals surface area contributed by atoms with Gasteiger partial charge in [-0.2, -0.15) is 5.10 Å². The summed E-state index contributed by atoms with van der Waals surface area (Å²) in [5.74, 6) is 0.219. The van der Waals surface area contributed by atoms with Crippen LogP contribution in [0.5, 0.6) is 0 Å². The zero-order valence-corrected chi connectivity index (χ0v) is 21.3. The third kappa shape index (κ3) is 4.20. The number of piperidine rings is 1. The summed E-state index contributed by atoms with van der Waals surface area (Å²) in [6.07, 6.45) is 15.4. The zero-order valence-electron chi connectivity index (χ0n) is 21.3. The summed E-state index contributed by atoms with van der Waals surface area (Å²) in [5.41, 5.74) is 7.73. The largest absolute Gasteiger partial charge is 0.370 e. The minimum absolute atomic E-state index is 0.103. The standard InChI is InChI=1S/C30H31N7O/c38-30(19-6-2-3-7-19)33-22-12-21(15-31-16-22)20-8-9-25-24(13-20)29(36-35-25)26-14-23-27(34-26)17-32-18-28(23)37-10-4-1-5-11-37/h8-9,12-19,34H,1-7,10-11H2,(H,33,38)(H,35,36). The number of pyridine rings is 2. The van der Waals surface area contributed by atoms with Crippen molar-refractivity contribution in [1.82, 2.24) is 25.1 Å². The molecule has 0 spiro atoms. The highest BCUT2D eigenvalue weighted by Gasteiger charge is 2.23. The molecule has 0 radical (unpaired) electrons. The van der Waals surface area contributed by atoms with E-state index in [1.165, 1.54) is 30.3 Å². The molecule has 1 aliphatic carbocycles. The third-order valence-electron chi connectivity index (χ3n) is 8.10. The lowest BCUT2D eigenvalue weighted by molar-refractivity contribution is -0.119. The number of carbonyl (C=O) groups excluding carboxylic acids is 1. The third-order valence-corrected chi connectivity index (χ3v) is 8.10. The van der Waals surface area contributed by atoms with Gasteiger partial charge in [-0.25, -0.2) is 0 Å². The number of H-pyrrole nitrogens is 2. The van der Waals surface area contributed by atoms with Gasteiger partial charge in [-0.1, -0.05) is 18.9 Å². The molecule has 2 aliphatic rings.